The molecule has 0 bridgehead atoms. The summed E-state index contributed by atoms with van der Waals surface area (Å²) in [6.45, 7) is 12.6. The molecule has 2 aromatic carbocycles. The number of hydrogen-bond donors (Lipinski definition) is 0. The van der Waals surface area contributed by atoms with Crippen molar-refractivity contribution in [1.29, 1.82) is 0 Å². The van der Waals surface area contributed by atoms with E-state index in [2.05, 4.69) is 95.3 Å². The maximum absolute atomic E-state index is 13.4. The number of imide groups is 2. The Bertz CT molecular complexity index is 2340. The summed E-state index contributed by atoms with van der Waals surface area (Å²) in [5, 5.41) is 6.33. The van der Waals surface area contributed by atoms with Crippen molar-refractivity contribution in [3.8, 4) is 20.9 Å². The molecule has 0 spiro atoms. The van der Waals surface area contributed by atoms with Crippen molar-refractivity contribution in [3.63, 3.8) is 0 Å². The van der Waals surface area contributed by atoms with Gasteiger partial charge in [0.25, 0.3) is 23.6 Å². The summed E-state index contributed by atoms with van der Waals surface area (Å²) < 4.78 is 8.05. The summed E-state index contributed by atoms with van der Waals surface area (Å²) in [7, 11) is 0. The number of thiophene rings is 3. The van der Waals surface area contributed by atoms with Crippen molar-refractivity contribution in [2.45, 2.75) is 215 Å². The molecule has 0 fully saturated rings. The zero-order valence-electron chi connectivity index (χ0n) is 46.9. The molecule has 6 nitrogen and oxygen atoms in total. The van der Waals surface area contributed by atoms with Gasteiger partial charge < -0.3 is 0 Å². The predicted octanol–water partition coefficient (Wildman–Crippen LogP) is 21.2. The van der Waals surface area contributed by atoms with E-state index in [0.717, 1.165) is 46.6 Å². The molecule has 0 aliphatic carbocycles. The van der Waals surface area contributed by atoms with Crippen LogP contribution in [-0.4, -0.2) is 64.9 Å². The van der Waals surface area contributed by atoms with Gasteiger partial charge in [-0.3, -0.25) is 29.0 Å². The molecule has 0 saturated carbocycles. The van der Waals surface area contributed by atoms with Gasteiger partial charge in [0.2, 0.25) is 0 Å². The topological polar surface area (TPSA) is 74.8 Å². The van der Waals surface area contributed by atoms with Crippen molar-refractivity contribution in [3.05, 3.63) is 108 Å². The van der Waals surface area contributed by atoms with E-state index in [4.69, 9.17) is 0 Å². The number of carbonyl (C=O) groups is 4. The van der Waals surface area contributed by atoms with Crippen molar-refractivity contribution < 1.29 is 19.2 Å². The summed E-state index contributed by atoms with van der Waals surface area (Å²) >= 11 is 10.0. The van der Waals surface area contributed by atoms with Crippen LogP contribution in [0.3, 0.4) is 0 Å². The zero-order valence-corrected chi connectivity index (χ0v) is 55.4. The average Bonchev–Trinajstić information content (AvgIpc) is 4.34. The maximum atomic E-state index is 13.4. The van der Waals surface area contributed by atoms with Crippen molar-refractivity contribution in [2.24, 2.45) is 0 Å². The molecule has 2 aliphatic heterocycles. The molecule has 0 radical (unpaired) electrons. The third-order valence-electron chi connectivity index (χ3n) is 15.3. The summed E-state index contributed by atoms with van der Waals surface area (Å²) in [5.74, 6) is -0.617. The molecule has 416 valence electrons. The molecule has 0 saturated heterocycles. The summed E-state index contributed by atoms with van der Waals surface area (Å²) in [4.78, 5) is 56.9. The molecule has 5 aromatic rings. The van der Waals surface area contributed by atoms with Gasteiger partial charge in [-0.1, -0.05) is 154 Å². The molecule has 3 aromatic heterocycles. The quantitative estimate of drug-likeness (QED) is 0.0234. The van der Waals surface area contributed by atoms with Gasteiger partial charge in [-0.15, -0.1) is 22.7 Å². The third-order valence-corrected chi connectivity index (χ3v) is 37.7. The fraction of sp³-hybridized carbons (Fsp3) is 0.562. The van der Waals surface area contributed by atoms with Crippen molar-refractivity contribution in [2.75, 3.05) is 13.1 Å². The Morgan fingerprint density at radius 1 is 0.368 bits per heavy atom. The van der Waals surface area contributed by atoms with Crippen LogP contribution >= 0.6 is 65.9 Å². The first kappa shape index (κ1) is 64.4. The molecule has 4 amide bonds. The van der Waals surface area contributed by atoms with Crippen LogP contribution in [0, 0.1) is 0 Å². The van der Waals surface area contributed by atoms with Crippen molar-refractivity contribution in [1.82, 2.24) is 9.80 Å². The van der Waals surface area contributed by atoms with Gasteiger partial charge in [-0.25, -0.2) is 0 Å². The molecule has 0 atom stereocenters. The fourth-order valence-corrected chi connectivity index (χ4v) is 33.2. The molecular weight excluding hydrogens is 1240 g/mol. The van der Waals surface area contributed by atoms with Crippen LogP contribution < -0.4 is 2.89 Å². The summed E-state index contributed by atoms with van der Waals surface area (Å²) in [6, 6.07) is 20.4. The first-order valence-corrected chi connectivity index (χ1v) is 41.3. The number of benzene rings is 2. The van der Waals surface area contributed by atoms with Gasteiger partial charge in [0.15, 0.2) is 0 Å². The Morgan fingerprint density at radius 2 is 0.684 bits per heavy atom. The Morgan fingerprint density at radius 3 is 1.00 bits per heavy atom. The van der Waals surface area contributed by atoms with Crippen LogP contribution in [0.15, 0.2) is 85.7 Å². The molecule has 12 heteroatoms. The van der Waals surface area contributed by atoms with Crippen LogP contribution in [0.4, 0.5) is 0 Å². The number of rotatable bonds is 34. The Labute approximate surface area is 492 Å². The first-order chi connectivity index (χ1) is 37.1. The molecule has 0 N–H and O–H groups in total. The Balaban J connectivity index is 0.000000221. The number of hydrogen-bond acceptors (Lipinski definition) is 7. The van der Waals surface area contributed by atoms with Crippen LogP contribution in [0.1, 0.15) is 243 Å². The number of amides is 4. The zero-order chi connectivity index (χ0) is 54.5. The van der Waals surface area contributed by atoms with E-state index in [1.165, 1.54) is 151 Å². The second kappa shape index (κ2) is 36.0. The van der Waals surface area contributed by atoms with Gasteiger partial charge in [-0.2, -0.15) is 0 Å². The summed E-state index contributed by atoms with van der Waals surface area (Å²) in [5.41, 5.74) is 3.91. The van der Waals surface area contributed by atoms with Crippen LogP contribution in [0.25, 0.3) is 20.9 Å². The van der Waals surface area contributed by atoms with Gasteiger partial charge in [-0.05, 0) is 79.7 Å². The van der Waals surface area contributed by atoms with E-state index in [1.807, 2.05) is 50.1 Å². The van der Waals surface area contributed by atoms with E-state index >= 15 is 0 Å². The van der Waals surface area contributed by atoms with Gasteiger partial charge in [0, 0.05) is 42.9 Å². The standard InChI is InChI=1S/C28H33NO2S2.C20H27Br2NO2.C4H3S.3C4H9.Sn/c1-2-3-4-5-6-7-8-9-10-11-18-29-27(30)25-21(23-14-12-19-32-23)16-17-22(26(25)28(29)31)24-15-13-20-33-24;1-2-3-4-5-6-7-8-9-10-11-14-23-19(24)17-15(21)12-13-16(22)18(17)20(23)25;1-2-4-5-3-1;3*1-3-4-2;/h12-17,19-20H,2-11,18H2,1H3;12-13H,2-11,14H2,1H3;1-3H;3*1,3-4H2,2H3;. The number of halogens is 2. The van der Waals surface area contributed by atoms with E-state index in [9.17, 15) is 19.2 Å². The van der Waals surface area contributed by atoms with E-state index in [0.29, 0.717) is 44.3 Å². The van der Waals surface area contributed by atoms with Gasteiger partial charge in [0.1, 0.15) is 0 Å². The van der Waals surface area contributed by atoms with Gasteiger partial charge in [0.05, 0.1) is 22.3 Å². The summed E-state index contributed by atoms with van der Waals surface area (Å²) in [6.07, 6.45) is 33.3. The number of carbonyl (C=O) groups excluding carboxylic acids is 4. The fourth-order valence-electron chi connectivity index (χ4n) is 10.8. The second-order valence-corrected chi connectivity index (χ2v) is 39.8. The minimum atomic E-state index is -2.01. The van der Waals surface area contributed by atoms with E-state index in [-0.39, 0.29) is 23.6 Å². The third kappa shape index (κ3) is 18.8. The number of fused-ring (bicyclic) bond motifs is 2. The predicted molar refractivity (Wildman–Crippen MR) is 338 cm³/mol. The van der Waals surface area contributed by atoms with E-state index < -0.39 is 18.4 Å². The Hall–Kier alpha value is -2.42. The van der Waals surface area contributed by atoms with Crippen LogP contribution in [-0.2, 0) is 0 Å². The van der Waals surface area contributed by atoms with Crippen LogP contribution in [0.5, 0.6) is 0 Å². The number of nitrogens with zero attached hydrogens (tertiary/aromatic N) is 2. The average molecular weight is 1330 g/mol. The van der Waals surface area contributed by atoms with Gasteiger partial charge >= 0.3 is 123 Å². The SMILES string of the molecule is CCCCCCCCCCCCN1C(=O)c2c(-c3cccs3)ccc(-c3cccs3)c2C1=O.CCCCCCCCCCCCN1C(=O)c2c(Br)ccc(Br)c2C1=O.CCC[CH2][Sn]([CH2]CCC)([CH2]CCC)[c]1cccs1. The molecule has 7 rings (SSSR count). The van der Waals surface area contributed by atoms with Crippen molar-refractivity contribution >= 4 is 111 Å². The number of unbranched alkanes of at least 4 members (excludes halogenated alkanes) is 21. The first-order valence-electron chi connectivity index (χ1n) is 29.6. The molecule has 76 heavy (non-hydrogen) atoms. The normalized spacial score (nSPS) is 13.0. The second-order valence-electron chi connectivity index (χ2n) is 21.1. The molecular formula is C64H90Br2N2O4S3Sn. The molecule has 5 heterocycles. The molecule has 2 aliphatic rings. The Kier molecular flexibility index (Phi) is 30.5. The monoisotopic (exact) mass is 1320 g/mol. The molecule has 0 unspecified atom stereocenters. The van der Waals surface area contributed by atoms with E-state index in [1.54, 1.807) is 48.1 Å². The minimum absolute atomic E-state index is 0.132. The van der Waals surface area contributed by atoms with Crippen LogP contribution in [0.2, 0.25) is 13.3 Å².